The second kappa shape index (κ2) is 8.01. The van der Waals surface area contributed by atoms with E-state index in [4.69, 9.17) is 11.5 Å². The van der Waals surface area contributed by atoms with Crippen LogP contribution in [0.15, 0.2) is 66.0 Å². The average Bonchev–Trinajstić information content (AvgIpc) is 3.03. The van der Waals surface area contributed by atoms with Crippen molar-refractivity contribution in [3.63, 3.8) is 0 Å². The molecule has 1 aliphatic rings. The molecule has 1 aromatic carbocycles. The van der Waals surface area contributed by atoms with Crippen LogP contribution < -0.4 is 11.5 Å². The molecule has 1 aliphatic carbocycles. The molecular weight excluding hydrogens is 268 g/mol. The summed E-state index contributed by atoms with van der Waals surface area (Å²) in [5.74, 6) is 0.0509. The average molecular weight is 287 g/mol. The zero-order chi connectivity index (χ0) is 12.7. The number of aliphatic hydroxyl groups is 1. The third-order valence-electron chi connectivity index (χ3n) is 2.52. The summed E-state index contributed by atoms with van der Waals surface area (Å²) in [6, 6.07) is 10.0. The maximum Gasteiger partial charge on any atom is 0.134 e. The summed E-state index contributed by atoms with van der Waals surface area (Å²) >= 11 is 0. The van der Waals surface area contributed by atoms with Crippen molar-refractivity contribution in [2.24, 2.45) is 11.5 Å². The van der Waals surface area contributed by atoms with E-state index in [9.17, 15) is 5.11 Å². The van der Waals surface area contributed by atoms with E-state index >= 15 is 0 Å². The Morgan fingerprint density at radius 3 is 2.06 bits per heavy atom. The monoisotopic (exact) mass is 287 g/mol. The van der Waals surface area contributed by atoms with Crippen molar-refractivity contribution >= 4 is 0 Å². The Morgan fingerprint density at radius 1 is 1.22 bits per heavy atom. The van der Waals surface area contributed by atoms with E-state index in [2.05, 4.69) is 0 Å². The number of hydrogen-bond acceptors (Lipinski definition) is 3. The molecule has 5 N–H and O–H groups in total. The summed E-state index contributed by atoms with van der Waals surface area (Å²) in [4.78, 5) is 0. The van der Waals surface area contributed by atoms with Gasteiger partial charge in [-0.3, -0.25) is 0 Å². The normalized spacial score (nSPS) is 12.7. The maximum absolute atomic E-state index is 9.60. The molecule has 0 aromatic heterocycles. The van der Waals surface area contributed by atoms with Gasteiger partial charge in [0.05, 0.1) is 0 Å². The van der Waals surface area contributed by atoms with Crippen molar-refractivity contribution in [1.29, 1.82) is 0 Å². The Hall–Kier alpha value is -1.19. The molecule has 3 nitrogen and oxygen atoms in total. The van der Waals surface area contributed by atoms with E-state index in [1.54, 1.807) is 12.2 Å². The summed E-state index contributed by atoms with van der Waals surface area (Å²) in [6.07, 6.45) is 7.72. The van der Waals surface area contributed by atoms with Crippen LogP contribution >= 0.6 is 0 Å². The first-order valence-corrected chi connectivity index (χ1v) is 5.61. The van der Waals surface area contributed by atoms with Crippen LogP contribution in [0, 0.1) is 0 Å². The molecule has 0 saturated carbocycles. The molecule has 100 valence electrons. The van der Waals surface area contributed by atoms with Crippen LogP contribution in [0.5, 0.6) is 0 Å². The molecule has 0 radical (unpaired) electrons. The van der Waals surface area contributed by atoms with Crippen LogP contribution in [-0.2, 0) is 17.1 Å². The largest absolute Gasteiger partial charge is 0.508 e. The van der Waals surface area contributed by atoms with Gasteiger partial charge in [-0.15, -0.1) is 0 Å². The van der Waals surface area contributed by atoms with Gasteiger partial charge < -0.3 is 16.6 Å². The summed E-state index contributed by atoms with van der Waals surface area (Å²) in [7, 11) is 0. The van der Waals surface area contributed by atoms with Gasteiger partial charge in [-0.25, -0.2) is 12.1 Å². The molecule has 2 rings (SSSR count). The summed E-state index contributed by atoms with van der Waals surface area (Å²) < 4.78 is 0. The van der Waals surface area contributed by atoms with Gasteiger partial charge in [0, 0.05) is 22.6 Å². The molecule has 0 unspecified atom stereocenters. The minimum Gasteiger partial charge on any atom is -0.508 e. The molecule has 0 fully saturated rings. The van der Waals surface area contributed by atoms with Crippen molar-refractivity contribution in [3.8, 4) is 0 Å². The molecule has 0 aliphatic heterocycles. The van der Waals surface area contributed by atoms with Gasteiger partial charge in [-0.05, 0) is 6.42 Å². The smallest absolute Gasteiger partial charge is 0.134 e. The number of nitrogens with two attached hydrogens (primary N) is 2. The Labute approximate surface area is 119 Å². The van der Waals surface area contributed by atoms with Gasteiger partial charge in [0.1, 0.15) is 11.4 Å². The number of allylic oxidation sites excluding steroid dienone is 5. The molecular formula is C14H19FeN2O-. The van der Waals surface area contributed by atoms with E-state index in [0.29, 0.717) is 12.0 Å². The number of hydrogen-bond donors (Lipinski definition) is 3. The zero-order valence-electron chi connectivity index (χ0n) is 10.4. The summed E-state index contributed by atoms with van der Waals surface area (Å²) in [5, 5.41) is 9.60. The Bertz CT molecular complexity index is 386. The van der Waals surface area contributed by atoms with Crippen LogP contribution in [0.25, 0.3) is 0 Å². The van der Waals surface area contributed by atoms with Gasteiger partial charge in [0.2, 0.25) is 0 Å². The predicted molar refractivity (Wildman–Crippen MR) is 71.4 cm³/mol. The topological polar surface area (TPSA) is 72.3 Å². The third-order valence-corrected chi connectivity index (χ3v) is 2.52. The van der Waals surface area contributed by atoms with Crippen molar-refractivity contribution < 1.29 is 22.2 Å². The van der Waals surface area contributed by atoms with Crippen LogP contribution in [0.1, 0.15) is 13.3 Å². The van der Waals surface area contributed by atoms with E-state index in [1.165, 1.54) is 0 Å². The molecule has 0 atom stereocenters. The van der Waals surface area contributed by atoms with Gasteiger partial charge in [-0.1, -0.05) is 31.2 Å². The quantitative estimate of drug-likeness (QED) is 0.338. The summed E-state index contributed by atoms with van der Waals surface area (Å²) in [5.41, 5.74) is 10.9. The fourth-order valence-electron chi connectivity index (χ4n) is 1.29. The predicted octanol–water partition coefficient (Wildman–Crippen LogP) is 2.35. The fourth-order valence-corrected chi connectivity index (χ4v) is 1.29. The first-order chi connectivity index (χ1) is 8.08. The van der Waals surface area contributed by atoms with Crippen molar-refractivity contribution in [2.45, 2.75) is 19.0 Å². The second-order valence-corrected chi connectivity index (χ2v) is 3.88. The Balaban J connectivity index is 0.000000405. The number of rotatable bonds is 2. The Morgan fingerprint density at radius 2 is 1.72 bits per heavy atom. The van der Waals surface area contributed by atoms with E-state index in [1.807, 2.05) is 49.4 Å². The van der Waals surface area contributed by atoms with Gasteiger partial charge >= 0.3 is 0 Å². The van der Waals surface area contributed by atoms with Crippen LogP contribution in [-0.4, -0.2) is 10.8 Å². The molecule has 4 heteroatoms. The molecule has 18 heavy (non-hydrogen) atoms. The minimum absolute atomic E-state index is 0. The van der Waals surface area contributed by atoms with Crippen molar-refractivity contribution in [1.82, 2.24) is 0 Å². The first kappa shape index (κ1) is 16.8. The zero-order valence-corrected chi connectivity index (χ0v) is 11.5. The summed E-state index contributed by atoms with van der Waals surface area (Å²) in [6.45, 7) is 1.83. The van der Waals surface area contributed by atoms with Gasteiger partial charge in [0.15, 0.2) is 0 Å². The SMILES string of the molecule is CCC(N)(N)C(O)=C1C=CC=C1.[Fe].c1cc[cH-]c1. The van der Waals surface area contributed by atoms with Crippen LogP contribution in [0.3, 0.4) is 0 Å². The second-order valence-electron chi connectivity index (χ2n) is 3.88. The molecule has 0 bridgehead atoms. The standard InChI is InChI=1S/C9H14N2O.C5H5.Fe/c1-2-9(10,11)8(12)7-5-3-4-6-7;1-2-4-5-3-1;/h3-6,12H,2,10-11H2,1H3;1-5H;/q;-1;. The maximum atomic E-state index is 9.60. The molecule has 1 aromatic rings. The van der Waals surface area contributed by atoms with Crippen molar-refractivity contribution in [2.75, 3.05) is 0 Å². The van der Waals surface area contributed by atoms with Crippen molar-refractivity contribution in [3.05, 3.63) is 66.0 Å². The van der Waals surface area contributed by atoms with E-state index in [-0.39, 0.29) is 22.8 Å². The third kappa shape index (κ3) is 4.98. The molecule has 0 amide bonds. The van der Waals surface area contributed by atoms with Crippen LogP contribution in [0.4, 0.5) is 0 Å². The van der Waals surface area contributed by atoms with Crippen LogP contribution in [0.2, 0.25) is 0 Å². The van der Waals surface area contributed by atoms with Gasteiger partial charge in [-0.2, -0.15) is 18.2 Å². The van der Waals surface area contributed by atoms with E-state index < -0.39 is 5.66 Å². The fraction of sp³-hybridized carbons (Fsp3) is 0.214. The Kier molecular flexibility index (Phi) is 7.48. The molecule has 0 spiro atoms. The number of aliphatic hydroxyl groups excluding tert-OH is 1. The molecule has 0 saturated heterocycles. The van der Waals surface area contributed by atoms with E-state index in [0.717, 1.165) is 0 Å². The first-order valence-electron chi connectivity index (χ1n) is 5.61. The molecule has 0 heterocycles. The van der Waals surface area contributed by atoms with Gasteiger partial charge in [0.25, 0.3) is 0 Å². The minimum atomic E-state index is -1.10.